The van der Waals surface area contributed by atoms with E-state index in [0.717, 1.165) is 11.1 Å². The lowest BCUT2D eigenvalue weighted by molar-refractivity contribution is -0.117. The second kappa shape index (κ2) is 10.4. The molecule has 2 rings (SSSR count). The van der Waals surface area contributed by atoms with Crippen LogP contribution in [0, 0.1) is 0 Å². The van der Waals surface area contributed by atoms with Crippen molar-refractivity contribution >= 4 is 23.7 Å². The standard InChI is InChI=1S/C22H28N2O5/c1-6-16(23)22(25)24-17-11-14(9-10-18(17)26-2)7-8-15-12-19(27-3)21(29-5)20(13-15)28-4/h7-13,16H,6,23H2,1-5H3,(H,24,25)/b8-7-. The van der Waals surface area contributed by atoms with Crippen LogP contribution in [0.2, 0.25) is 0 Å². The number of ether oxygens (including phenoxy) is 4. The minimum absolute atomic E-state index is 0.253. The van der Waals surface area contributed by atoms with Gasteiger partial charge in [0.25, 0.3) is 0 Å². The van der Waals surface area contributed by atoms with Gasteiger partial charge in [0.1, 0.15) is 5.75 Å². The van der Waals surface area contributed by atoms with Gasteiger partial charge in [-0.3, -0.25) is 4.79 Å². The lowest BCUT2D eigenvalue weighted by Crippen LogP contribution is -2.34. The highest BCUT2D eigenvalue weighted by molar-refractivity contribution is 5.96. The van der Waals surface area contributed by atoms with Gasteiger partial charge in [0.05, 0.1) is 40.2 Å². The number of carbonyl (C=O) groups is 1. The second-order valence-corrected chi connectivity index (χ2v) is 6.26. The highest BCUT2D eigenvalue weighted by atomic mass is 16.5. The summed E-state index contributed by atoms with van der Waals surface area (Å²) in [4.78, 5) is 12.2. The molecular formula is C22H28N2O5. The number of amides is 1. The van der Waals surface area contributed by atoms with Crippen LogP contribution >= 0.6 is 0 Å². The minimum atomic E-state index is -0.571. The van der Waals surface area contributed by atoms with Crippen molar-refractivity contribution in [1.29, 1.82) is 0 Å². The monoisotopic (exact) mass is 400 g/mol. The molecule has 0 heterocycles. The predicted octanol–water partition coefficient (Wildman–Crippen LogP) is 3.57. The van der Waals surface area contributed by atoms with Gasteiger partial charge >= 0.3 is 0 Å². The first-order chi connectivity index (χ1) is 14.0. The number of hydrogen-bond acceptors (Lipinski definition) is 6. The number of anilines is 1. The number of rotatable bonds is 9. The van der Waals surface area contributed by atoms with E-state index in [-0.39, 0.29) is 5.91 Å². The minimum Gasteiger partial charge on any atom is -0.495 e. The zero-order valence-corrected chi connectivity index (χ0v) is 17.4. The topological polar surface area (TPSA) is 92.0 Å². The average Bonchev–Trinajstić information content (AvgIpc) is 2.76. The summed E-state index contributed by atoms with van der Waals surface area (Å²) in [5.41, 5.74) is 8.11. The zero-order chi connectivity index (χ0) is 21.4. The van der Waals surface area contributed by atoms with E-state index < -0.39 is 6.04 Å². The lowest BCUT2D eigenvalue weighted by Gasteiger charge is -2.14. The van der Waals surface area contributed by atoms with E-state index in [1.54, 1.807) is 34.5 Å². The Morgan fingerprint density at radius 3 is 2.03 bits per heavy atom. The molecule has 3 N–H and O–H groups in total. The maximum atomic E-state index is 12.2. The van der Waals surface area contributed by atoms with Crippen molar-refractivity contribution in [1.82, 2.24) is 0 Å². The van der Waals surface area contributed by atoms with E-state index in [0.29, 0.717) is 35.1 Å². The van der Waals surface area contributed by atoms with Gasteiger partial charge in [-0.2, -0.15) is 0 Å². The first-order valence-electron chi connectivity index (χ1n) is 9.19. The molecule has 0 aliphatic rings. The largest absolute Gasteiger partial charge is 0.495 e. The molecule has 0 fully saturated rings. The van der Waals surface area contributed by atoms with Gasteiger partial charge in [-0.05, 0) is 41.8 Å². The molecule has 7 heteroatoms. The molecule has 2 aromatic rings. The third kappa shape index (κ3) is 5.42. The fraction of sp³-hybridized carbons (Fsp3) is 0.318. The summed E-state index contributed by atoms with van der Waals surface area (Å²) < 4.78 is 21.4. The van der Waals surface area contributed by atoms with Crippen molar-refractivity contribution in [3.8, 4) is 23.0 Å². The van der Waals surface area contributed by atoms with Gasteiger partial charge in [-0.15, -0.1) is 0 Å². The van der Waals surface area contributed by atoms with Crippen molar-refractivity contribution in [2.75, 3.05) is 33.8 Å². The molecule has 2 aromatic carbocycles. The molecule has 1 amide bonds. The van der Waals surface area contributed by atoms with Gasteiger partial charge < -0.3 is 30.0 Å². The number of nitrogens with two attached hydrogens (primary N) is 1. The Morgan fingerprint density at radius 2 is 1.52 bits per heavy atom. The molecule has 0 spiro atoms. The van der Waals surface area contributed by atoms with E-state index in [1.165, 1.54) is 0 Å². The summed E-state index contributed by atoms with van der Waals surface area (Å²) >= 11 is 0. The Balaban J connectivity index is 2.33. The molecule has 0 saturated heterocycles. The van der Waals surface area contributed by atoms with Crippen LogP contribution in [0.4, 0.5) is 5.69 Å². The van der Waals surface area contributed by atoms with E-state index in [1.807, 2.05) is 43.3 Å². The maximum Gasteiger partial charge on any atom is 0.241 e. The summed E-state index contributed by atoms with van der Waals surface area (Å²) in [5.74, 6) is 1.99. The van der Waals surface area contributed by atoms with Crippen LogP contribution < -0.4 is 30.0 Å². The van der Waals surface area contributed by atoms with Gasteiger partial charge in [0.15, 0.2) is 11.5 Å². The molecule has 0 radical (unpaired) electrons. The summed E-state index contributed by atoms with van der Waals surface area (Å²) in [6, 6.07) is 8.64. The Morgan fingerprint density at radius 1 is 0.931 bits per heavy atom. The first-order valence-corrected chi connectivity index (χ1v) is 9.19. The molecule has 1 unspecified atom stereocenters. The fourth-order valence-electron chi connectivity index (χ4n) is 2.73. The SMILES string of the molecule is CCC(N)C(=O)Nc1cc(/C=C\c2cc(OC)c(OC)c(OC)c2)ccc1OC. The fourth-order valence-corrected chi connectivity index (χ4v) is 2.73. The normalized spacial score (nSPS) is 11.8. The predicted molar refractivity (Wildman–Crippen MR) is 115 cm³/mol. The molecule has 0 aromatic heterocycles. The average molecular weight is 400 g/mol. The van der Waals surface area contributed by atoms with E-state index >= 15 is 0 Å². The smallest absolute Gasteiger partial charge is 0.241 e. The number of carbonyl (C=O) groups excluding carboxylic acids is 1. The molecular weight excluding hydrogens is 372 g/mol. The van der Waals surface area contributed by atoms with Crippen LogP contribution in [0.3, 0.4) is 0 Å². The van der Waals surface area contributed by atoms with Crippen LogP contribution in [-0.2, 0) is 4.79 Å². The molecule has 7 nitrogen and oxygen atoms in total. The summed E-state index contributed by atoms with van der Waals surface area (Å²) in [6.45, 7) is 1.86. The van der Waals surface area contributed by atoms with Gasteiger partial charge in [-0.25, -0.2) is 0 Å². The van der Waals surface area contributed by atoms with Gasteiger partial charge in [0.2, 0.25) is 11.7 Å². The van der Waals surface area contributed by atoms with Gasteiger partial charge in [-0.1, -0.05) is 25.1 Å². The highest BCUT2D eigenvalue weighted by Gasteiger charge is 2.14. The Labute approximate surface area is 171 Å². The van der Waals surface area contributed by atoms with E-state index in [4.69, 9.17) is 24.7 Å². The van der Waals surface area contributed by atoms with Crippen LogP contribution in [0.25, 0.3) is 12.2 Å². The molecule has 29 heavy (non-hydrogen) atoms. The summed E-state index contributed by atoms with van der Waals surface area (Å²) in [7, 11) is 6.26. The van der Waals surface area contributed by atoms with Crippen molar-refractivity contribution in [2.45, 2.75) is 19.4 Å². The second-order valence-electron chi connectivity index (χ2n) is 6.26. The lowest BCUT2D eigenvalue weighted by atomic mass is 10.1. The van der Waals surface area contributed by atoms with Crippen molar-refractivity contribution in [3.63, 3.8) is 0 Å². The molecule has 0 saturated carbocycles. The number of methoxy groups -OCH3 is 4. The zero-order valence-electron chi connectivity index (χ0n) is 17.4. The Bertz CT molecular complexity index is 854. The highest BCUT2D eigenvalue weighted by Crippen LogP contribution is 2.38. The van der Waals surface area contributed by atoms with E-state index in [2.05, 4.69) is 5.32 Å². The third-order valence-electron chi connectivity index (χ3n) is 4.41. The number of benzene rings is 2. The van der Waals surface area contributed by atoms with Gasteiger partial charge in [0, 0.05) is 0 Å². The van der Waals surface area contributed by atoms with Crippen molar-refractivity contribution in [2.24, 2.45) is 5.73 Å². The van der Waals surface area contributed by atoms with Crippen LogP contribution in [-0.4, -0.2) is 40.4 Å². The van der Waals surface area contributed by atoms with Crippen LogP contribution in [0.5, 0.6) is 23.0 Å². The van der Waals surface area contributed by atoms with Crippen molar-refractivity contribution in [3.05, 3.63) is 41.5 Å². The summed E-state index contributed by atoms with van der Waals surface area (Å²) in [6.07, 6.45) is 4.38. The van der Waals surface area contributed by atoms with Crippen LogP contribution in [0.1, 0.15) is 24.5 Å². The van der Waals surface area contributed by atoms with Crippen molar-refractivity contribution < 1.29 is 23.7 Å². The van der Waals surface area contributed by atoms with Crippen LogP contribution in [0.15, 0.2) is 30.3 Å². The Hall–Kier alpha value is -3.19. The number of nitrogens with one attached hydrogen (secondary N) is 1. The third-order valence-corrected chi connectivity index (χ3v) is 4.41. The Kier molecular flexibility index (Phi) is 7.91. The first kappa shape index (κ1) is 22.1. The molecule has 0 bridgehead atoms. The molecule has 0 aliphatic heterocycles. The molecule has 0 aliphatic carbocycles. The quantitative estimate of drug-likeness (QED) is 0.625. The maximum absolute atomic E-state index is 12.2. The molecule has 156 valence electrons. The van der Waals surface area contributed by atoms with E-state index in [9.17, 15) is 4.79 Å². The number of hydrogen-bond donors (Lipinski definition) is 2. The summed E-state index contributed by atoms with van der Waals surface area (Å²) in [5, 5.41) is 2.82. The molecule has 1 atom stereocenters.